The fourth-order valence-corrected chi connectivity index (χ4v) is 2.24. The van der Waals surface area contributed by atoms with Crippen LogP contribution in [0.4, 0.5) is 0 Å². The van der Waals surface area contributed by atoms with Gasteiger partial charge in [-0.3, -0.25) is 0 Å². The zero-order chi connectivity index (χ0) is 14.2. The van der Waals surface area contributed by atoms with E-state index in [1.807, 2.05) is 31.2 Å². The Labute approximate surface area is 116 Å². The Bertz CT molecular complexity index is 613. The molecule has 0 amide bonds. The van der Waals surface area contributed by atoms with Crippen LogP contribution in [0.15, 0.2) is 28.8 Å². The van der Waals surface area contributed by atoms with Crippen LogP contribution in [-0.4, -0.2) is 36.5 Å². The summed E-state index contributed by atoms with van der Waals surface area (Å²) >= 11 is 0. The fourth-order valence-electron chi connectivity index (χ4n) is 2.24. The molecule has 1 fully saturated rings. The van der Waals surface area contributed by atoms with E-state index in [1.54, 1.807) is 7.11 Å². The largest absolute Gasteiger partial charge is 0.497 e. The molecule has 2 N–H and O–H groups in total. The molecule has 6 nitrogen and oxygen atoms in total. The van der Waals surface area contributed by atoms with Gasteiger partial charge in [0.05, 0.1) is 25.7 Å². The highest BCUT2D eigenvalue weighted by Crippen LogP contribution is 2.32. The van der Waals surface area contributed by atoms with Crippen molar-refractivity contribution in [2.75, 3.05) is 20.3 Å². The maximum atomic E-state index is 6.07. The molecule has 1 aliphatic heterocycles. The van der Waals surface area contributed by atoms with E-state index in [2.05, 4.69) is 10.1 Å². The highest BCUT2D eigenvalue weighted by atomic mass is 16.5. The first-order chi connectivity index (χ1) is 9.63. The Kier molecular flexibility index (Phi) is 3.19. The third-order valence-electron chi connectivity index (χ3n) is 3.76. The molecule has 2 unspecified atom stereocenters. The lowest BCUT2D eigenvalue weighted by Crippen LogP contribution is -2.42. The van der Waals surface area contributed by atoms with Crippen LogP contribution in [0.3, 0.4) is 0 Å². The van der Waals surface area contributed by atoms with Gasteiger partial charge in [-0.25, -0.2) is 0 Å². The van der Waals surface area contributed by atoms with E-state index in [9.17, 15) is 0 Å². The lowest BCUT2D eigenvalue weighted by Gasteiger charge is -2.21. The molecule has 2 heterocycles. The third kappa shape index (κ3) is 2.07. The summed E-state index contributed by atoms with van der Waals surface area (Å²) in [5.74, 6) is 1.79. The average molecular weight is 275 g/mol. The van der Waals surface area contributed by atoms with E-state index in [0.717, 1.165) is 11.3 Å². The lowest BCUT2D eigenvalue weighted by atomic mass is 9.86. The van der Waals surface area contributed by atoms with Gasteiger partial charge >= 0.3 is 0 Å². The van der Waals surface area contributed by atoms with Crippen LogP contribution in [0.1, 0.15) is 12.8 Å². The number of aromatic nitrogens is 2. The van der Waals surface area contributed by atoms with Crippen LogP contribution in [-0.2, 0) is 10.2 Å². The molecular weight excluding hydrogens is 258 g/mol. The van der Waals surface area contributed by atoms with Gasteiger partial charge in [-0.1, -0.05) is 17.3 Å². The van der Waals surface area contributed by atoms with Crippen LogP contribution in [0.25, 0.3) is 11.4 Å². The summed E-state index contributed by atoms with van der Waals surface area (Å²) in [5.41, 5.74) is 6.48. The van der Waals surface area contributed by atoms with E-state index >= 15 is 0 Å². The number of nitrogens with zero attached hydrogens (tertiary/aromatic N) is 2. The monoisotopic (exact) mass is 275 g/mol. The number of rotatable bonds is 3. The molecular formula is C14H17N3O3. The first kappa shape index (κ1) is 13.1. The summed E-state index contributed by atoms with van der Waals surface area (Å²) in [6, 6.07) is 7.39. The van der Waals surface area contributed by atoms with Gasteiger partial charge in [0.15, 0.2) is 0 Å². The Morgan fingerprint density at radius 1 is 1.45 bits per heavy atom. The number of methoxy groups -OCH3 is 1. The van der Waals surface area contributed by atoms with Crippen molar-refractivity contribution in [1.29, 1.82) is 0 Å². The number of nitrogens with two attached hydrogens (primary N) is 1. The topological polar surface area (TPSA) is 83.4 Å². The SMILES string of the molecule is COc1cccc(-c2noc(C3(C)COCC3N)n2)c1. The van der Waals surface area contributed by atoms with Crippen molar-refractivity contribution < 1.29 is 14.0 Å². The van der Waals surface area contributed by atoms with E-state index in [1.165, 1.54) is 0 Å². The average Bonchev–Trinajstić information content (AvgIpc) is 3.08. The van der Waals surface area contributed by atoms with Crippen LogP contribution in [0.2, 0.25) is 0 Å². The summed E-state index contributed by atoms with van der Waals surface area (Å²) in [6.45, 7) is 2.98. The van der Waals surface area contributed by atoms with Crippen LogP contribution in [0.5, 0.6) is 5.75 Å². The van der Waals surface area contributed by atoms with Gasteiger partial charge in [-0.2, -0.15) is 4.98 Å². The number of hydrogen-bond acceptors (Lipinski definition) is 6. The second-order valence-electron chi connectivity index (χ2n) is 5.19. The quantitative estimate of drug-likeness (QED) is 0.910. The number of benzene rings is 1. The molecule has 0 aliphatic carbocycles. The molecule has 1 aliphatic rings. The second kappa shape index (κ2) is 4.88. The van der Waals surface area contributed by atoms with Crippen molar-refractivity contribution in [3.8, 4) is 17.1 Å². The van der Waals surface area contributed by atoms with Gasteiger partial charge in [-0.15, -0.1) is 0 Å². The zero-order valence-corrected chi connectivity index (χ0v) is 11.5. The molecule has 6 heteroatoms. The molecule has 3 rings (SSSR count). The van der Waals surface area contributed by atoms with Crippen LogP contribution < -0.4 is 10.5 Å². The highest BCUT2D eigenvalue weighted by molar-refractivity contribution is 5.57. The van der Waals surface area contributed by atoms with Gasteiger partial charge in [0.25, 0.3) is 0 Å². The summed E-state index contributed by atoms with van der Waals surface area (Å²) < 4.78 is 16.0. The van der Waals surface area contributed by atoms with Gasteiger partial charge in [0.2, 0.25) is 11.7 Å². The third-order valence-corrected chi connectivity index (χ3v) is 3.76. The van der Waals surface area contributed by atoms with E-state index < -0.39 is 5.41 Å². The molecule has 0 bridgehead atoms. The summed E-state index contributed by atoms with van der Waals surface area (Å²) in [5, 5.41) is 4.03. The minimum atomic E-state index is -0.426. The predicted molar refractivity (Wildman–Crippen MR) is 72.4 cm³/mol. The maximum absolute atomic E-state index is 6.07. The van der Waals surface area contributed by atoms with Gasteiger partial charge in [0, 0.05) is 11.6 Å². The fraction of sp³-hybridized carbons (Fsp3) is 0.429. The molecule has 0 radical (unpaired) electrons. The Morgan fingerprint density at radius 2 is 2.30 bits per heavy atom. The highest BCUT2D eigenvalue weighted by Gasteiger charge is 2.44. The van der Waals surface area contributed by atoms with E-state index in [4.69, 9.17) is 19.7 Å². The van der Waals surface area contributed by atoms with Crippen molar-refractivity contribution in [3.63, 3.8) is 0 Å². The molecule has 0 spiro atoms. The molecule has 2 aromatic rings. The first-order valence-electron chi connectivity index (χ1n) is 6.45. The van der Waals surface area contributed by atoms with Crippen LogP contribution in [0, 0.1) is 0 Å². The van der Waals surface area contributed by atoms with Crippen molar-refractivity contribution >= 4 is 0 Å². The van der Waals surface area contributed by atoms with Gasteiger partial charge in [-0.05, 0) is 19.1 Å². The minimum Gasteiger partial charge on any atom is -0.497 e. The minimum absolute atomic E-state index is 0.138. The van der Waals surface area contributed by atoms with E-state index in [-0.39, 0.29) is 6.04 Å². The molecule has 106 valence electrons. The summed E-state index contributed by atoms with van der Waals surface area (Å²) in [6.07, 6.45) is 0. The van der Waals surface area contributed by atoms with Crippen molar-refractivity contribution in [3.05, 3.63) is 30.2 Å². The van der Waals surface area contributed by atoms with Crippen molar-refractivity contribution in [2.45, 2.75) is 18.4 Å². The van der Waals surface area contributed by atoms with E-state index in [0.29, 0.717) is 24.9 Å². The predicted octanol–water partition coefficient (Wildman–Crippen LogP) is 1.36. The Balaban J connectivity index is 1.94. The molecule has 2 atom stereocenters. The standard InChI is InChI=1S/C14H17N3O3/c1-14(8-19-7-11(14)15)13-16-12(17-20-13)9-4-3-5-10(6-9)18-2/h3-6,11H,7-8,15H2,1-2H3. The normalized spacial score (nSPS) is 25.9. The molecule has 1 aromatic heterocycles. The van der Waals surface area contributed by atoms with Gasteiger partial charge in [0.1, 0.15) is 5.75 Å². The number of ether oxygens (including phenoxy) is 2. The molecule has 1 aromatic carbocycles. The molecule has 20 heavy (non-hydrogen) atoms. The van der Waals surface area contributed by atoms with Crippen LogP contribution >= 0.6 is 0 Å². The lowest BCUT2D eigenvalue weighted by molar-refractivity contribution is 0.169. The molecule has 1 saturated heterocycles. The summed E-state index contributed by atoms with van der Waals surface area (Å²) in [4.78, 5) is 4.47. The Morgan fingerprint density at radius 3 is 3.00 bits per heavy atom. The van der Waals surface area contributed by atoms with Crippen molar-refractivity contribution in [1.82, 2.24) is 10.1 Å². The first-order valence-corrected chi connectivity index (χ1v) is 6.45. The summed E-state index contributed by atoms with van der Waals surface area (Å²) in [7, 11) is 1.62. The second-order valence-corrected chi connectivity index (χ2v) is 5.19. The van der Waals surface area contributed by atoms with Gasteiger partial charge < -0.3 is 19.7 Å². The van der Waals surface area contributed by atoms with Crippen molar-refractivity contribution in [2.24, 2.45) is 5.73 Å². The Hall–Kier alpha value is -1.92. The number of hydrogen-bond donors (Lipinski definition) is 1. The maximum Gasteiger partial charge on any atom is 0.236 e. The smallest absolute Gasteiger partial charge is 0.236 e. The zero-order valence-electron chi connectivity index (χ0n) is 11.5. The molecule has 0 saturated carbocycles.